The topological polar surface area (TPSA) is 90.1 Å². The van der Waals surface area contributed by atoms with Crippen molar-refractivity contribution in [3.05, 3.63) is 74.1 Å². The third kappa shape index (κ3) is 4.05. The molecule has 0 fully saturated rings. The molecule has 0 bridgehead atoms. The molecule has 3 rings (SSSR count). The maximum Gasteiger partial charge on any atom is 0.270 e. The summed E-state index contributed by atoms with van der Waals surface area (Å²) in [5.74, 6) is -0.397. The van der Waals surface area contributed by atoms with Crippen LogP contribution in [-0.2, 0) is 7.05 Å². The number of rotatable bonds is 5. The van der Waals surface area contributed by atoms with Crippen molar-refractivity contribution < 1.29 is 9.72 Å². The molecule has 0 atom stereocenters. The van der Waals surface area contributed by atoms with E-state index in [9.17, 15) is 14.9 Å². The number of imidazole rings is 1. The lowest BCUT2D eigenvalue weighted by atomic mass is 10.2. The molecule has 0 aliphatic heterocycles. The molecule has 0 saturated heterocycles. The number of non-ortho nitro benzene ring substituents is 1. The Morgan fingerprint density at radius 3 is 2.77 bits per heavy atom. The minimum atomic E-state index is -0.516. The average Bonchev–Trinajstić information content (AvgIpc) is 3.01. The van der Waals surface area contributed by atoms with Crippen LogP contribution in [0.2, 0.25) is 0 Å². The van der Waals surface area contributed by atoms with E-state index in [0.717, 1.165) is 10.1 Å². The highest BCUT2D eigenvalue weighted by molar-refractivity contribution is 14.1. The first-order valence-electron chi connectivity index (χ1n) is 7.45. The number of hydrogen-bond acceptors (Lipinski definition) is 5. The Hall–Kier alpha value is -2.40. The molecule has 0 radical (unpaired) electrons. The van der Waals surface area contributed by atoms with E-state index >= 15 is 0 Å². The van der Waals surface area contributed by atoms with Crippen LogP contribution in [0.1, 0.15) is 10.4 Å². The van der Waals surface area contributed by atoms with Gasteiger partial charge in [0.2, 0.25) is 0 Å². The first kappa shape index (κ1) is 18.4. The molecular weight excluding hydrogens is 467 g/mol. The van der Waals surface area contributed by atoms with Crippen LogP contribution in [0.15, 0.2) is 64.9 Å². The summed E-state index contributed by atoms with van der Waals surface area (Å²) in [7, 11) is 1.89. The Balaban J connectivity index is 1.88. The fourth-order valence-electron chi connectivity index (χ4n) is 2.20. The van der Waals surface area contributed by atoms with E-state index in [4.69, 9.17) is 0 Å². The van der Waals surface area contributed by atoms with Crippen LogP contribution < -0.4 is 5.32 Å². The highest BCUT2D eigenvalue weighted by Crippen LogP contribution is 2.32. The number of anilines is 1. The lowest BCUT2D eigenvalue weighted by molar-refractivity contribution is -0.384. The molecule has 1 heterocycles. The summed E-state index contributed by atoms with van der Waals surface area (Å²) < 4.78 is 2.52. The van der Waals surface area contributed by atoms with Crippen molar-refractivity contribution in [2.75, 3.05) is 5.32 Å². The summed E-state index contributed by atoms with van der Waals surface area (Å²) in [5, 5.41) is 14.6. The minimum Gasteiger partial charge on any atom is -0.329 e. The highest BCUT2D eigenvalue weighted by Gasteiger charge is 2.17. The summed E-state index contributed by atoms with van der Waals surface area (Å²) in [6.45, 7) is 0. The van der Waals surface area contributed by atoms with Crippen LogP contribution in [0.3, 0.4) is 0 Å². The van der Waals surface area contributed by atoms with Crippen LogP contribution >= 0.6 is 34.4 Å². The molecule has 0 saturated carbocycles. The first-order chi connectivity index (χ1) is 12.5. The van der Waals surface area contributed by atoms with E-state index in [-0.39, 0.29) is 11.3 Å². The van der Waals surface area contributed by atoms with Gasteiger partial charge in [-0.2, -0.15) is 0 Å². The number of aryl methyl sites for hydroxylation is 1. The molecule has 0 aliphatic rings. The van der Waals surface area contributed by atoms with Crippen LogP contribution in [0.25, 0.3) is 0 Å². The zero-order chi connectivity index (χ0) is 18.7. The van der Waals surface area contributed by atoms with Crippen LogP contribution in [0.4, 0.5) is 11.4 Å². The second kappa shape index (κ2) is 7.87. The molecule has 2 aromatic carbocycles. The molecule has 26 heavy (non-hydrogen) atoms. The molecule has 3 aromatic rings. The summed E-state index contributed by atoms with van der Waals surface area (Å²) >= 11 is 3.41. The Labute approximate surface area is 167 Å². The summed E-state index contributed by atoms with van der Waals surface area (Å²) in [6.07, 6.45) is 3.55. The predicted octanol–water partition coefficient (Wildman–Crippen LogP) is 4.34. The molecular formula is C17H13IN4O3S. The van der Waals surface area contributed by atoms with Gasteiger partial charge in [0.15, 0.2) is 5.16 Å². The van der Waals surface area contributed by atoms with Gasteiger partial charge >= 0.3 is 0 Å². The summed E-state index contributed by atoms with van der Waals surface area (Å²) in [4.78, 5) is 28.2. The van der Waals surface area contributed by atoms with E-state index in [0.29, 0.717) is 9.26 Å². The van der Waals surface area contributed by atoms with Gasteiger partial charge in [0.25, 0.3) is 11.6 Å². The number of halogens is 1. The number of amides is 1. The highest BCUT2D eigenvalue weighted by atomic mass is 127. The van der Waals surface area contributed by atoms with Gasteiger partial charge in [-0.25, -0.2) is 4.98 Å². The van der Waals surface area contributed by atoms with E-state index < -0.39 is 10.8 Å². The zero-order valence-electron chi connectivity index (χ0n) is 13.5. The maximum absolute atomic E-state index is 12.7. The number of nitrogens with one attached hydrogen (secondary N) is 1. The largest absolute Gasteiger partial charge is 0.329 e. The van der Waals surface area contributed by atoms with Gasteiger partial charge in [-0.3, -0.25) is 14.9 Å². The van der Waals surface area contributed by atoms with E-state index in [1.165, 1.54) is 23.9 Å². The van der Waals surface area contributed by atoms with E-state index in [2.05, 4.69) is 10.3 Å². The van der Waals surface area contributed by atoms with Gasteiger partial charge in [0.1, 0.15) is 0 Å². The zero-order valence-corrected chi connectivity index (χ0v) is 16.5. The number of aromatic nitrogens is 2. The second-order valence-electron chi connectivity index (χ2n) is 5.29. The van der Waals surface area contributed by atoms with E-state index in [1.807, 2.05) is 58.6 Å². The Morgan fingerprint density at radius 1 is 1.31 bits per heavy atom. The van der Waals surface area contributed by atoms with Crippen molar-refractivity contribution in [1.29, 1.82) is 0 Å². The van der Waals surface area contributed by atoms with Gasteiger partial charge in [0, 0.05) is 40.0 Å². The van der Waals surface area contributed by atoms with Crippen molar-refractivity contribution >= 4 is 51.6 Å². The molecule has 0 spiro atoms. The van der Waals surface area contributed by atoms with Crippen LogP contribution in [0.5, 0.6) is 0 Å². The normalized spacial score (nSPS) is 10.5. The SMILES string of the molecule is Cn1ccnc1Sc1ccccc1NC(=O)c1cc([N+](=O)[O-])ccc1I. The lowest BCUT2D eigenvalue weighted by Crippen LogP contribution is -2.14. The first-order valence-corrected chi connectivity index (χ1v) is 9.34. The fourth-order valence-corrected chi connectivity index (χ4v) is 3.67. The number of para-hydroxylation sites is 1. The third-order valence-electron chi connectivity index (χ3n) is 3.52. The molecule has 0 aliphatic carbocycles. The van der Waals surface area contributed by atoms with Crippen molar-refractivity contribution in [2.45, 2.75) is 10.1 Å². The number of nitro groups is 1. The number of nitro benzene ring substituents is 1. The average molecular weight is 480 g/mol. The second-order valence-corrected chi connectivity index (χ2v) is 7.47. The minimum absolute atomic E-state index is 0.119. The summed E-state index contributed by atoms with van der Waals surface area (Å²) in [5.41, 5.74) is 0.760. The smallest absolute Gasteiger partial charge is 0.270 e. The number of carbonyl (C=O) groups excluding carboxylic acids is 1. The number of hydrogen-bond donors (Lipinski definition) is 1. The third-order valence-corrected chi connectivity index (χ3v) is 5.61. The van der Waals surface area contributed by atoms with Gasteiger partial charge in [-0.15, -0.1) is 0 Å². The molecule has 132 valence electrons. The molecule has 9 heteroatoms. The standard InChI is InChI=1S/C17H13IN4O3S/c1-21-9-8-19-17(21)26-15-5-3-2-4-14(15)20-16(23)12-10-11(22(24)25)6-7-13(12)18/h2-10H,1H3,(H,20,23). The molecule has 0 unspecified atom stereocenters. The predicted molar refractivity (Wildman–Crippen MR) is 108 cm³/mol. The van der Waals surface area contributed by atoms with Gasteiger partial charge < -0.3 is 9.88 Å². The molecule has 7 nitrogen and oxygen atoms in total. The Morgan fingerprint density at radius 2 is 2.08 bits per heavy atom. The van der Waals surface area contributed by atoms with E-state index in [1.54, 1.807) is 18.3 Å². The van der Waals surface area contributed by atoms with Crippen molar-refractivity contribution in [1.82, 2.24) is 9.55 Å². The number of carbonyl (C=O) groups is 1. The van der Waals surface area contributed by atoms with Crippen LogP contribution in [0, 0.1) is 13.7 Å². The van der Waals surface area contributed by atoms with Crippen molar-refractivity contribution in [3.8, 4) is 0 Å². The summed E-state index contributed by atoms with van der Waals surface area (Å²) in [6, 6.07) is 11.6. The Kier molecular flexibility index (Phi) is 5.57. The van der Waals surface area contributed by atoms with Gasteiger partial charge in [-0.05, 0) is 52.6 Å². The van der Waals surface area contributed by atoms with Crippen molar-refractivity contribution in [2.24, 2.45) is 7.05 Å². The number of benzene rings is 2. The lowest BCUT2D eigenvalue weighted by Gasteiger charge is -2.11. The monoisotopic (exact) mass is 480 g/mol. The van der Waals surface area contributed by atoms with Gasteiger partial charge in [0.05, 0.1) is 16.2 Å². The number of nitrogens with zero attached hydrogens (tertiary/aromatic N) is 3. The molecule has 1 N–H and O–H groups in total. The van der Waals surface area contributed by atoms with Crippen molar-refractivity contribution in [3.63, 3.8) is 0 Å². The molecule has 1 amide bonds. The maximum atomic E-state index is 12.7. The van der Waals surface area contributed by atoms with Gasteiger partial charge in [-0.1, -0.05) is 12.1 Å². The molecule has 1 aromatic heterocycles. The Bertz CT molecular complexity index is 990. The fraction of sp³-hybridized carbons (Fsp3) is 0.0588. The quantitative estimate of drug-likeness (QED) is 0.334. The van der Waals surface area contributed by atoms with Crippen LogP contribution in [-0.4, -0.2) is 20.4 Å².